The van der Waals surface area contributed by atoms with E-state index >= 15 is 0 Å². The highest BCUT2D eigenvalue weighted by atomic mass is 32.1. The van der Waals surface area contributed by atoms with Crippen LogP contribution in [0.2, 0.25) is 0 Å². The van der Waals surface area contributed by atoms with Gasteiger partial charge in [-0.05, 0) is 31.2 Å². The molecule has 3 aromatic rings. The molecule has 0 aliphatic rings. The first kappa shape index (κ1) is 15.2. The molecule has 5 nitrogen and oxygen atoms in total. The zero-order valence-corrected chi connectivity index (χ0v) is 13.2. The summed E-state index contributed by atoms with van der Waals surface area (Å²) in [6.07, 6.45) is 0. The van der Waals surface area contributed by atoms with Crippen LogP contribution in [-0.4, -0.2) is 21.6 Å². The Morgan fingerprint density at radius 3 is 2.70 bits per heavy atom. The molecule has 1 aromatic heterocycles. The van der Waals surface area contributed by atoms with Crippen molar-refractivity contribution in [3.8, 4) is 0 Å². The molecule has 0 unspecified atom stereocenters. The topological polar surface area (TPSA) is 71.7 Å². The Hall–Kier alpha value is -2.73. The summed E-state index contributed by atoms with van der Waals surface area (Å²) >= 11 is 1.31. The van der Waals surface area contributed by atoms with Crippen LogP contribution in [0.25, 0.3) is 10.2 Å². The number of aromatic nitrogens is 1. The first-order valence-corrected chi connectivity index (χ1v) is 7.82. The van der Waals surface area contributed by atoms with Crippen LogP contribution in [0, 0.1) is 6.92 Å². The van der Waals surface area contributed by atoms with Crippen molar-refractivity contribution < 1.29 is 14.7 Å². The molecule has 1 amide bonds. The van der Waals surface area contributed by atoms with Crippen LogP contribution in [0.15, 0.2) is 53.5 Å². The number of benzene rings is 2. The standard InChI is InChI=1S/C17H14N2O3S/c1-11-5-4-6-12(9-11)16(22)18-17-19(10-15(20)21)13-7-2-3-8-14(13)23-17/h2-9H,10H2,1H3,(H,20,21). The van der Waals surface area contributed by atoms with Gasteiger partial charge in [0.05, 0.1) is 10.2 Å². The van der Waals surface area contributed by atoms with Crippen LogP contribution in [0.3, 0.4) is 0 Å². The molecule has 0 saturated carbocycles. The second-order valence-electron chi connectivity index (χ2n) is 5.12. The molecule has 0 aliphatic heterocycles. The smallest absolute Gasteiger partial charge is 0.323 e. The van der Waals surface area contributed by atoms with Crippen molar-refractivity contribution >= 4 is 33.4 Å². The number of aliphatic carboxylic acids is 1. The zero-order valence-electron chi connectivity index (χ0n) is 12.4. The number of hydrogen-bond acceptors (Lipinski definition) is 3. The summed E-state index contributed by atoms with van der Waals surface area (Å²) in [6.45, 7) is 1.67. The number of carboxylic acids is 1. The predicted molar refractivity (Wildman–Crippen MR) is 88.5 cm³/mol. The highest BCUT2D eigenvalue weighted by molar-refractivity contribution is 7.16. The lowest BCUT2D eigenvalue weighted by Crippen LogP contribution is -2.21. The molecule has 116 valence electrons. The quantitative estimate of drug-likeness (QED) is 0.804. The summed E-state index contributed by atoms with van der Waals surface area (Å²) in [7, 11) is 0. The van der Waals surface area contributed by atoms with E-state index in [9.17, 15) is 9.59 Å². The van der Waals surface area contributed by atoms with Gasteiger partial charge < -0.3 is 9.67 Å². The lowest BCUT2D eigenvalue weighted by Gasteiger charge is -2.01. The number of fused-ring (bicyclic) bond motifs is 1. The minimum absolute atomic E-state index is 0.232. The van der Waals surface area contributed by atoms with Gasteiger partial charge in [-0.1, -0.05) is 41.2 Å². The molecule has 23 heavy (non-hydrogen) atoms. The Bertz CT molecular complexity index is 969. The van der Waals surface area contributed by atoms with Gasteiger partial charge in [-0.15, -0.1) is 0 Å². The summed E-state index contributed by atoms with van der Waals surface area (Å²) in [5.41, 5.74) is 2.22. The Kier molecular flexibility index (Phi) is 4.08. The van der Waals surface area contributed by atoms with E-state index < -0.39 is 5.97 Å². The molecule has 1 N–H and O–H groups in total. The fourth-order valence-corrected chi connectivity index (χ4v) is 3.35. The maximum atomic E-state index is 12.4. The third-order valence-electron chi connectivity index (χ3n) is 3.34. The van der Waals surface area contributed by atoms with E-state index in [4.69, 9.17) is 5.11 Å². The van der Waals surface area contributed by atoms with Gasteiger partial charge in [-0.3, -0.25) is 9.59 Å². The third kappa shape index (κ3) is 3.22. The van der Waals surface area contributed by atoms with Gasteiger partial charge in [0.1, 0.15) is 6.54 Å². The summed E-state index contributed by atoms with van der Waals surface area (Å²) in [5, 5.41) is 9.11. The fraction of sp³-hybridized carbons (Fsp3) is 0.118. The second-order valence-corrected chi connectivity index (χ2v) is 6.13. The van der Waals surface area contributed by atoms with Crippen LogP contribution in [0.1, 0.15) is 15.9 Å². The van der Waals surface area contributed by atoms with E-state index in [-0.39, 0.29) is 12.5 Å². The zero-order chi connectivity index (χ0) is 16.4. The number of para-hydroxylation sites is 1. The SMILES string of the molecule is Cc1cccc(C(=O)N=c2sc3ccccc3n2CC(=O)O)c1. The fourth-order valence-electron chi connectivity index (χ4n) is 2.32. The molecule has 6 heteroatoms. The monoisotopic (exact) mass is 326 g/mol. The molecule has 0 radical (unpaired) electrons. The summed E-state index contributed by atoms with van der Waals surface area (Å²) < 4.78 is 2.44. The largest absolute Gasteiger partial charge is 0.480 e. The van der Waals surface area contributed by atoms with Crippen molar-refractivity contribution in [1.29, 1.82) is 0 Å². The molecule has 0 bridgehead atoms. The lowest BCUT2D eigenvalue weighted by molar-refractivity contribution is -0.137. The number of rotatable bonds is 3. The van der Waals surface area contributed by atoms with Crippen LogP contribution in [-0.2, 0) is 11.3 Å². The molecule has 0 aliphatic carbocycles. The number of nitrogens with zero attached hydrogens (tertiary/aromatic N) is 2. The van der Waals surface area contributed by atoms with Crippen molar-refractivity contribution in [2.45, 2.75) is 13.5 Å². The van der Waals surface area contributed by atoms with Crippen molar-refractivity contribution in [2.75, 3.05) is 0 Å². The molecular formula is C17H14N2O3S. The Morgan fingerprint density at radius 2 is 1.96 bits per heavy atom. The van der Waals surface area contributed by atoms with Gasteiger partial charge in [-0.2, -0.15) is 4.99 Å². The van der Waals surface area contributed by atoms with Crippen LogP contribution >= 0.6 is 11.3 Å². The van der Waals surface area contributed by atoms with E-state index in [1.54, 1.807) is 22.8 Å². The molecule has 0 fully saturated rings. The van der Waals surface area contributed by atoms with Gasteiger partial charge >= 0.3 is 5.97 Å². The number of amides is 1. The molecule has 3 rings (SSSR count). The minimum Gasteiger partial charge on any atom is -0.480 e. The third-order valence-corrected chi connectivity index (χ3v) is 4.40. The normalized spacial score (nSPS) is 11.8. The average molecular weight is 326 g/mol. The Labute approximate surface area is 136 Å². The molecule has 2 aromatic carbocycles. The van der Waals surface area contributed by atoms with Crippen LogP contribution in [0.4, 0.5) is 0 Å². The maximum absolute atomic E-state index is 12.4. The lowest BCUT2D eigenvalue weighted by atomic mass is 10.1. The van der Waals surface area contributed by atoms with Crippen molar-refractivity contribution in [3.63, 3.8) is 0 Å². The summed E-state index contributed by atoms with van der Waals surface area (Å²) in [4.78, 5) is 28.0. The van der Waals surface area contributed by atoms with Crippen LogP contribution in [0.5, 0.6) is 0 Å². The first-order chi connectivity index (χ1) is 11.0. The molecule has 0 atom stereocenters. The summed E-state index contributed by atoms with van der Waals surface area (Å²) in [6, 6.07) is 14.6. The van der Waals surface area contributed by atoms with Gasteiger partial charge in [-0.25, -0.2) is 0 Å². The minimum atomic E-state index is -0.974. The molecular weight excluding hydrogens is 312 g/mol. The van der Waals surface area contributed by atoms with Gasteiger partial charge in [0.15, 0.2) is 4.80 Å². The first-order valence-electron chi connectivity index (χ1n) is 7.00. The highest BCUT2D eigenvalue weighted by Crippen LogP contribution is 2.17. The van der Waals surface area contributed by atoms with Crippen molar-refractivity contribution in [2.24, 2.45) is 4.99 Å². The molecule has 0 saturated heterocycles. The van der Waals surface area contributed by atoms with E-state index in [1.165, 1.54) is 11.3 Å². The number of carboxylic acid groups (broad SMARTS) is 1. The van der Waals surface area contributed by atoms with Crippen LogP contribution < -0.4 is 4.80 Å². The Morgan fingerprint density at radius 1 is 1.17 bits per heavy atom. The van der Waals surface area contributed by atoms with E-state index in [2.05, 4.69) is 4.99 Å². The van der Waals surface area contributed by atoms with E-state index in [0.29, 0.717) is 10.4 Å². The second kappa shape index (κ2) is 6.18. The van der Waals surface area contributed by atoms with Gasteiger partial charge in [0.2, 0.25) is 0 Å². The highest BCUT2D eigenvalue weighted by Gasteiger charge is 2.11. The van der Waals surface area contributed by atoms with E-state index in [0.717, 1.165) is 15.8 Å². The number of hydrogen-bond donors (Lipinski definition) is 1. The predicted octanol–water partition coefficient (Wildman–Crippen LogP) is 2.84. The molecule has 1 heterocycles. The van der Waals surface area contributed by atoms with Gasteiger partial charge in [0, 0.05) is 5.56 Å². The van der Waals surface area contributed by atoms with Gasteiger partial charge in [0.25, 0.3) is 5.91 Å². The average Bonchev–Trinajstić information content (AvgIpc) is 2.84. The number of carbonyl (C=O) groups excluding carboxylic acids is 1. The van der Waals surface area contributed by atoms with Crippen molar-refractivity contribution in [1.82, 2.24) is 4.57 Å². The Balaban J connectivity index is 2.14. The number of thiazole rings is 1. The van der Waals surface area contributed by atoms with E-state index in [1.807, 2.05) is 37.3 Å². The number of aryl methyl sites for hydroxylation is 1. The molecule has 0 spiro atoms. The maximum Gasteiger partial charge on any atom is 0.323 e. The van der Waals surface area contributed by atoms with Crippen molar-refractivity contribution in [3.05, 3.63) is 64.5 Å². The summed E-state index contributed by atoms with van der Waals surface area (Å²) in [5.74, 6) is -1.35. The number of carbonyl (C=O) groups is 2.